The zero-order chi connectivity index (χ0) is 48.8. The van der Waals surface area contributed by atoms with Gasteiger partial charge in [-0.05, 0) is 81.6 Å². The summed E-state index contributed by atoms with van der Waals surface area (Å²) in [6.07, 6.45) is 3.65. The number of carbonyl (C=O) groups excluding carboxylic acids is 4. The lowest BCUT2D eigenvalue weighted by atomic mass is 9.91. The molecule has 0 aliphatic carbocycles. The van der Waals surface area contributed by atoms with E-state index in [1.807, 2.05) is 61.7 Å². The summed E-state index contributed by atoms with van der Waals surface area (Å²) in [6, 6.07) is 18.3. The third-order valence-corrected chi connectivity index (χ3v) is 14.4. The molecular formula is C49H60N7O10S2+. The van der Waals surface area contributed by atoms with E-state index in [-0.39, 0.29) is 52.4 Å². The number of oxime groups is 1. The van der Waals surface area contributed by atoms with Crippen molar-refractivity contribution >= 4 is 57.8 Å². The number of fused-ring (bicyclic) bond motifs is 1. The van der Waals surface area contributed by atoms with Crippen LogP contribution in [0, 0.1) is 6.92 Å². The van der Waals surface area contributed by atoms with Crippen molar-refractivity contribution in [1.82, 2.24) is 20.5 Å². The van der Waals surface area contributed by atoms with Crippen molar-refractivity contribution in [3.8, 4) is 23.0 Å². The van der Waals surface area contributed by atoms with Crippen LogP contribution in [0.15, 0.2) is 83.0 Å². The Balaban J connectivity index is 0.953. The molecule has 3 aliphatic heterocycles. The molecule has 7 rings (SSSR count). The Morgan fingerprint density at radius 2 is 1.62 bits per heavy atom. The van der Waals surface area contributed by atoms with E-state index in [0.29, 0.717) is 35.0 Å². The largest absolute Gasteiger partial charge is 0.497 e. The van der Waals surface area contributed by atoms with Crippen molar-refractivity contribution in [3.05, 3.63) is 106 Å². The molecule has 2 saturated heterocycles. The minimum absolute atomic E-state index is 0.0331. The van der Waals surface area contributed by atoms with Gasteiger partial charge < -0.3 is 48.9 Å². The first-order chi connectivity index (χ1) is 32.5. The van der Waals surface area contributed by atoms with Crippen LogP contribution in [0.1, 0.15) is 79.7 Å². The third-order valence-electron chi connectivity index (χ3n) is 12.3. The van der Waals surface area contributed by atoms with Gasteiger partial charge in [0.1, 0.15) is 54.0 Å². The number of rotatable bonds is 17. The first-order valence-electron chi connectivity index (χ1n) is 22.4. The maximum absolute atomic E-state index is 14.1. The number of benzene rings is 3. The van der Waals surface area contributed by atoms with Crippen LogP contribution < -0.4 is 34.9 Å². The number of carbonyl (C=O) groups is 4. The van der Waals surface area contributed by atoms with E-state index in [1.54, 1.807) is 63.8 Å². The van der Waals surface area contributed by atoms with Gasteiger partial charge in [0.25, 0.3) is 17.7 Å². The Labute approximate surface area is 404 Å². The van der Waals surface area contributed by atoms with Crippen molar-refractivity contribution in [1.29, 1.82) is 0 Å². The summed E-state index contributed by atoms with van der Waals surface area (Å²) in [5.41, 5.74) is 3.13. The van der Waals surface area contributed by atoms with E-state index in [9.17, 15) is 24.4 Å². The number of ether oxygens (including phenoxy) is 5. The van der Waals surface area contributed by atoms with E-state index < -0.39 is 23.6 Å². The fourth-order valence-corrected chi connectivity index (χ4v) is 10.6. The van der Waals surface area contributed by atoms with Gasteiger partial charge >= 0.3 is 6.09 Å². The fourth-order valence-electron chi connectivity index (χ4n) is 8.67. The molecule has 4 heterocycles. The molecule has 19 heteroatoms. The lowest BCUT2D eigenvalue weighted by Gasteiger charge is -2.50. The van der Waals surface area contributed by atoms with Crippen molar-refractivity contribution in [3.63, 3.8) is 0 Å². The van der Waals surface area contributed by atoms with Crippen molar-refractivity contribution in [2.24, 2.45) is 5.16 Å². The summed E-state index contributed by atoms with van der Waals surface area (Å²) in [6.45, 7) is 11.4. The number of hydrogen-bond donors (Lipinski definition) is 4. The molecule has 2 fully saturated rings. The molecule has 4 aromatic rings. The Kier molecular flexibility index (Phi) is 15.6. The zero-order valence-electron chi connectivity index (χ0n) is 39.6. The SMILES string of the molecule is CC[C@@H]1C[C@H](NC(=O)c2ccc(OCc3ccc(OC)cc3)c(OCc3ccc(OC)cc3)c2C)CC[N+]1(C)CC1=CN2C(=O)[C@@H](NC(=O)/C(=N\O)c3csc(NC(=O)OC(C)(C)C)n3)[C@H]2SC1. The van der Waals surface area contributed by atoms with Gasteiger partial charge in [0.15, 0.2) is 22.3 Å². The Morgan fingerprint density at radius 3 is 2.24 bits per heavy atom. The summed E-state index contributed by atoms with van der Waals surface area (Å²) in [4.78, 5) is 58.8. The highest BCUT2D eigenvalue weighted by Gasteiger charge is 2.51. The van der Waals surface area contributed by atoms with Crippen LogP contribution in [-0.4, -0.2) is 118 Å². The number of likely N-dealkylation sites (tertiary alicyclic amines) is 1. The van der Waals surface area contributed by atoms with E-state index in [2.05, 4.69) is 40.1 Å². The number of methoxy groups -OCH3 is 2. The normalized spacial score (nSPS) is 21.4. The number of aromatic nitrogens is 1. The van der Waals surface area contributed by atoms with Crippen LogP contribution in [-0.2, 0) is 27.5 Å². The van der Waals surface area contributed by atoms with Crippen LogP contribution in [0.2, 0.25) is 0 Å². The maximum atomic E-state index is 14.1. The summed E-state index contributed by atoms with van der Waals surface area (Å²) >= 11 is 2.60. The highest BCUT2D eigenvalue weighted by molar-refractivity contribution is 8.00. The summed E-state index contributed by atoms with van der Waals surface area (Å²) in [5, 5.41) is 22.8. The molecule has 0 bridgehead atoms. The number of thioether (sulfide) groups is 1. The number of amides is 4. The minimum Gasteiger partial charge on any atom is -0.497 e. The summed E-state index contributed by atoms with van der Waals surface area (Å²) in [5.74, 6) is 1.99. The Bertz CT molecular complexity index is 2540. The monoisotopic (exact) mass is 970 g/mol. The van der Waals surface area contributed by atoms with Gasteiger partial charge in [-0.2, -0.15) is 0 Å². The molecule has 17 nitrogen and oxygen atoms in total. The summed E-state index contributed by atoms with van der Waals surface area (Å²) in [7, 11) is 5.50. The lowest BCUT2D eigenvalue weighted by Crippen LogP contribution is -2.69. The molecule has 362 valence electrons. The van der Waals surface area contributed by atoms with E-state index >= 15 is 0 Å². The molecule has 1 aromatic heterocycles. The highest BCUT2D eigenvalue weighted by Crippen LogP contribution is 2.39. The topological polar surface area (TPSA) is 199 Å². The first kappa shape index (κ1) is 49.6. The van der Waals surface area contributed by atoms with E-state index in [1.165, 1.54) is 5.38 Å². The van der Waals surface area contributed by atoms with E-state index in [4.69, 9.17) is 23.7 Å². The van der Waals surface area contributed by atoms with Gasteiger partial charge in [0.05, 0.1) is 33.9 Å². The average Bonchev–Trinajstić information content (AvgIpc) is 3.77. The number of thiazole rings is 1. The number of anilines is 1. The maximum Gasteiger partial charge on any atom is 0.413 e. The lowest BCUT2D eigenvalue weighted by molar-refractivity contribution is -0.934. The second-order valence-electron chi connectivity index (χ2n) is 18.3. The van der Waals surface area contributed by atoms with Gasteiger partial charge in [-0.15, -0.1) is 23.1 Å². The number of piperidine rings is 1. The molecule has 0 radical (unpaired) electrons. The van der Waals surface area contributed by atoms with Crippen molar-refractivity contribution in [2.45, 2.75) is 96.2 Å². The number of nitrogens with one attached hydrogen (secondary N) is 3. The van der Waals surface area contributed by atoms with Crippen molar-refractivity contribution < 1.29 is 52.6 Å². The number of likely N-dealkylation sites (N-methyl/N-ethyl adjacent to an activating group) is 1. The molecule has 5 atom stereocenters. The zero-order valence-corrected chi connectivity index (χ0v) is 41.3. The van der Waals surface area contributed by atoms with Gasteiger partial charge in [0, 0.05) is 52.9 Å². The average molecular weight is 971 g/mol. The van der Waals surface area contributed by atoms with E-state index in [0.717, 1.165) is 76.4 Å². The molecule has 0 saturated carbocycles. The van der Waals surface area contributed by atoms with Gasteiger partial charge in [-0.1, -0.05) is 36.3 Å². The quantitative estimate of drug-likeness (QED) is 0.0272. The van der Waals surface area contributed by atoms with Crippen LogP contribution in [0.5, 0.6) is 23.0 Å². The number of nitrogens with zero attached hydrogens (tertiary/aromatic N) is 4. The second-order valence-corrected chi connectivity index (χ2v) is 20.2. The minimum atomic E-state index is -0.824. The van der Waals surface area contributed by atoms with Crippen LogP contribution in [0.4, 0.5) is 9.93 Å². The second kappa shape index (κ2) is 21.3. The fraction of sp³-hybridized carbons (Fsp3) is 0.429. The molecule has 4 N–H and O–H groups in total. The van der Waals surface area contributed by atoms with Gasteiger partial charge in [-0.3, -0.25) is 19.7 Å². The number of quaternary nitrogens is 1. The molecule has 68 heavy (non-hydrogen) atoms. The predicted octanol–water partition coefficient (Wildman–Crippen LogP) is 7.25. The molecule has 4 amide bonds. The standard InChI is InChI=1S/C49H59N7O10S2/c1-9-34-22-33(50-43(57)37-18-19-39(64-25-30-10-14-35(62-7)15-11-30)42(29(37)2)65-26-31-12-16-36(63-8)17-13-31)20-21-56(34,6)24-32-23-55-45(59)41(46(55)67-27-32)52-44(58)40(54-61)38-28-68-47(51-38)53-48(60)66-49(3,4)5/h10-19,23,28,33-34,41,46H,9,20-22,24-27H2,1-8H3,(H3-,50,51,52,53,57,58,60,61)/p+1/t33-,34-,41-,46-,56?/m1/s1. The predicted molar refractivity (Wildman–Crippen MR) is 260 cm³/mol. The van der Waals surface area contributed by atoms with Crippen molar-refractivity contribution in [2.75, 3.05) is 45.4 Å². The van der Waals surface area contributed by atoms with Gasteiger partial charge in [0.2, 0.25) is 0 Å². The number of β-lactam (4-membered cyclic amide) rings is 1. The van der Waals surface area contributed by atoms with Crippen LogP contribution in [0.3, 0.4) is 0 Å². The Hall–Kier alpha value is -6.31. The smallest absolute Gasteiger partial charge is 0.413 e. The molecule has 3 aromatic carbocycles. The molecule has 1 unspecified atom stereocenters. The third kappa shape index (κ3) is 11.7. The molecule has 3 aliphatic rings. The van der Waals surface area contributed by atoms with Crippen LogP contribution >= 0.6 is 23.1 Å². The summed E-state index contributed by atoms with van der Waals surface area (Å²) < 4.78 is 29.4. The number of hydrogen-bond acceptors (Lipinski definition) is 14. The molecule has 0 spiro atoms. The van der Waals surface area contributed by atoms with Gasteiger partial charge in [-0.25, -0.2) is 9.78 Å². The Morgan fingerprint density at radius 1 is 0.956 bits per heavy atom. The van der Waals surface area contributed by atoms with Crippen LogP contribution in [0.25, 0.3) is 0 Å². The molecular weight excluding hydrogens is 911 g/mol. The first-order valence-corrected chi connectivity index (χ1v) is 24.4. The highest BCUT2D eigenvalue weighted by atomic mass is 32.2.